The van der Waals surface area contributed by atoms with E-state index in [9.17, 15) is 18.4 Å². The molecule has 5 nitrogen and oxygen atoms in total. The van der Waals surface area contributed by atoms with Crippen molar-refractivity contribution < 1.29 is 18.4 Å². The highest BCUT2D eigenvalue weighted by molar-refractivity contribution is 5.94. The third kappa shape index (κ3) is 4.98. The zero-order valence-electron chi connectivity index (χ0n) is 14.6. The second-order valence-corrected chi connectivity index (χ2v) is 7.18. The maximum absolute atomic E-state index is 13.5. The van der Waals surface area contributed by atoms with Gasteiger partial charge in [-0.2, -0.15) is 0 Å². The Labute approximate surface area is 146 Å². The number of hydrogen-bond donors (Lipinski definition) is 2. The minimum atomic E-state index is -0.902. The maximum atomic E-state index is 13.5. The van der Waals surface area contributed by atoms with E-state index < -0.39 is 17.5 Å². The Morgan fingerprint density at radius 2 is 2.08 bits per heavy atom. The number of likely N-dealkylation sites (tertiary alicyclic amines) is 1. The van der Waals surface area contributed by atoms with Crippen LogP contribution in [-0.4, -0.2) is 42.4 Å². The molecule has 0 aromatic heterocycles. The van der Waals surface area contributed by atoms with Gasteiger partial charge in [0.2, 0.25) is 5.91 Å². The number of carbonyl (C=O) groups is 2. The zero-order valence-corrected chi connectivity index (χ0v) is 14.6. The van der Waals surface area contributed by atoms with Crippen LogP contribution < -0.4 is 11.1 Å². The summed E-state index contributed by atoms with van der Waals surface area (Å²) < 4.78 is 26.4. The Hall–Kier alpha value is -2.02. The van der Waals surface area contributed by atoms with Crippen LogP contribution in [-0.2, 0) is 4.79 Å². The van der Waals surface area contributed by atoms with Crippen molar-refractivity contribution in [3.05, 3.63) is 35.4 Å². The second kappa shape index (κ2) is 7.91. The highest BCUT2D eigenvalue weighted by atomic mass is 19.1. The van der Waals surface area contributed by atoms with Crippen LogP contribution in [0.4, 0.5) is 8.78 Å². The number of nitrogens with one attached hydrogen (secondary N) is 1. The van der Waals surface area contributed by atoms with E-state index in [1.807, 2.05) is 4.90 Å². The molecular weight excluding hydrogens is 328 g/mol. The van der Waals surface area contributed by atoms with Gasteiger partial charge in [0.25, 0.3) is 5.91 Å². The third-order valence-corrected chi connectivity index (χ3v) is 4.69. The van der Waals surface area contributed by atoms with Gasteiger partial charge < -0.3 is 16.0 Å². The van der Waals surface area contributed by atoms with Gasteiger partial charge in [-0.1, -0.05) is 13.8 Å². The predicted octanol–water partition coefficient (Wildman–Crippen LogP) is 2.06. The Balaban J connectivity index is 1.75. The molecule has 2 amide bonds. The first-order chi connectivity index (χ1) is 11.7. The maximum Gasteiger partial charge on any atom is 0.254 e. The van der Waals surface area contributed by atoms with Crippen molar-refractivity contribution in [2.45, 2.75) is 39.2 Å². The molecule has 7 heteroatoms. The predicted molar refractivity (Wildman–Crippen MR) is 90.9 cm³/mol. The molecule has 0 aliphatic carbocycles. The summed E-state index contributed by atoms with van der Waals surface area (Å²) in [6.07, 6.45) is 1.53. The summed E-state index contributed by atoms with van der Waals surface area (Å²) >= 11 is 0. The van der Waals surface area contributed by atoms with Crippen LogP contribution >= 0.6 is 0 Å². The molecule has 1 atom stereocenters. The van der Waals surface area contributed by atoms with Crippen molar-refractivity contribution >= 4 is 11.8 Å². The van der Waals surface area contributed by atoms with Crippen molar-refractivity contribution in [3.8, 4) is 0 Å². The topological polar surface area (TPSA) is 75.4 Å². The van der Waals surface area contributed by atoms with Gasteiger partial charge in [-0.15, -0.1) is 0 Å². The first-order valence-electron chi connectivity index (χ1n) is 8.47. The number of halogens is 2. The van der Waals surface area contributed by atoms with E-state index in [1.54, 1.807) is 0 Å². The Kier molecular flexibility index (Phi) is 6.11. The van der Waals surface area contributed by atoms with Gasteiger partial charge in [0, 0.05) is 38.2 Å². The molecule has 1 unspecified atom stereocenters. The summed E-state index contributed by atoms with van der Waals surface area (Å²) in [5.41, 5.74) is 5.75. The number of benzene rings is 1. The van der Waals surface area contributed by atoms with E-state index in [4.69, 9.17) is 5.73 Å². The summed E-state index contributed by atoms with van der Waals surface area (Å²) in [6, 6.07) is 2.89. The fraction of sp³-hybridized carbons (Fsp3) is 0.556. The fourth-order valence-corrected chi connectivity index (χ4v) is 2.96. The van der Waals surface area contributed by atoms with Gasteiger partial charge in [-0.25, -0.2) is 8.78 Å². The Bertz CT molecular complexity index is 649. The van der Waals surface area contributed by atoms with Gasteiger partial charge in [0.05, 0.1) is 5.56 Å². The highest BCUT2D eigenvalue weighted by Crippen LogP contribution is 2.28. The number of piperidine rings is 1. The molecule has 0 spiro atoms. The molecule has 0 saturated carbocycles. The molecule has 0 radical (unpaired) electrons. The van der Waals surface area contributed by atoms with Crippen molar-refractivity contribution in [1.82, 2.24) is 10.2 Å². The van der Waals surface area contributed by atoms with Crippen LogP contribution in [0.3, 0.4) is 0 Å². The largest absolute Gasteiger partial charge is 0.352 e. The van der Waals surface area contributed by atoms with E-state index in [2.05, 4.69) is 19.2 Å². The highest BCUT2D eigenvalue weighted by Gasteiger charge is 2.34. The van der Waals surface area contributed by atoms with Gasteiger partial charge in [0.1, 0.15) is 11.6 Å². The molecule has 1 aromatic rings. The lowest BCUT2D eigenvalue weighted by atomic mass is 9.79. The number of nitrogens with two attached hydrogens (primary N) is 1. The average Bonchev–Trinajstić information content (AvgIpc) is 2.53. The van der Waals surface area contributed by atoms with Gasteiger partial charge >= 0.3 is 0 Å². The number of carbonyl (C=O) groups excluding carboxylic acids is 2. The molecule has 1 aliphatic rings. The fourth-order valence-electron chi connectivity index (χ4n) is 2.96. The molecule has 1 saturated heterocycles. The number of rotatable bonds is 5. The lowest BCUT2D eigenvalue weighted by Crippen LogP contribution is -2.54. The monoisotopic (exact) mass is 353 g/mol. The van der Waals surface area contributed by atoms with Crippen LogP contribution in [0.1, 0.15) is 43.5 Å². The molecule has 0 bridgehead atoms. The molecule has 2 rings (SSSR count). The first-order valence-corrected chi connectivity index (χ1v) is 8.47. The molecule has 25 heavy (non-hydrogen) atoms. The SMILES string of the molecule is CC1(C)CN(C(=O)CCCNC(=O)c2ccc(F)cc2F)CCC1N. The van der Waals surface area contributed by atoms with Crippen LogP contribution in [0.25, 0.3) is 0 Å². The average molecular weight is 353 g/mol. The molecule has 1 aromatic carbocycles. The summed E-state index contributed by atoms with van der Waals surface area (Å²) in [5.74, 6) is -2.22. The molecule has 1 heterocycles. The lowest BCUT2D eigenvalue weighted by molar-refractivity contribution is -0.134. The summed E-state index contributed by atoms with van der Waals surface area (Å²) in [4.78, 5) is 25.9. The van der Waals surface area contributed by atoms with Crippen molar-refractivity contribution in [3.63, 3.8) is 0 Å². The lowest BCUT2D eigenvalue weighted by Gasteiger charge is -2.42. The minimum absolute atomic E-state index is 0.0298. The van der Waals surface area contributed by atoms with Gasteiger partial charge in [-0.3, -0.25) is 9.59 Å². The van der Waals surface area contributed by atoms with Gasteiger partial charge in [-0.05, 0) is 30.4 Å². The molecule has 1 aliphatic heterocycles. The minimum Gasteiger partial charge on any atom is -0.352 e. The Morgan fingerprint density at radius 1 is 1.36 bits per heavy atom. The zero-order chi connectivity index (χ0) is 18.6. The first kappa shape index (κ1) is 19.3. The van der Waals surface area contributed by atoms with Crippen LogP contribution in [0, 0.1) is 17.0 Å². The summed E-state index contributed by atoms with van der Waals surface area (Å²) in [5, 5.41) is 2.55. The summed E-state index contributed by atoms with van der Waals surface area (Å²) in [7, 11) is 0. The van der Waals surface area contributed by atoms with Crippen molar-refractivity contribution in [2.24, 2.45) is 11.1 Å². The van der Waals surface area contributed by atoms with E-state index in [1.165, 1.54) is 0 Å². The Morgan fingerprint density at radius 3 is 2.72 bits per heavy atom. The second-order valence-electron chi connectivity index (χ2n) is 7.18. The standard InChI is InChI=1S/C18H25F2N3O2/c1-18(2)11-23(9-7-15(18)21)16(24)4-3-8-22-17(25)13-6-5-12(19)10-14(13)20/h5-6,10,15H,3-4,7-9,11,21H2,1-2H3,(H,22,25). The van der Waals surface area contributed by atoms with E-state index >= 15 is 0 Å². The van der Waals surface area contributed by atoms with E-state index in [0.717, 1.165) is 18.6 Å². The molecular formula is C18H25F2N3O2. The quantitative estimate of drug-likeness (QED) is 0.796. The van der Waals surface area contributed by atoms with Gasteiger partial charge in [0.15, 0.2) is 0 Å². The van der Waals surface area contributed by atoms with Crippen molar-refractivity contribution in [2.75, 3.05) is 19.6 Å². The van der Waals surface area contributed by atoms with Crippen LogP contribution in [0.2, 0.25) is 0 Å². The van der Waals surface area contributed by atoms with Crippen LogP contribution in [0.15, 0.2) is 18.2 Å². The molecule has 138 valence electrons. The van der Waals surface area contributed by atoms with E-state index in [0.29, 0.717) is 32.0 Å². The van der Waals surface area contributed by atoms with Crippen LogP contribution in [0.5, 0.6) is 0 Å². The van der Waals surface area contributed by atoms with E-state index in [-0.39, 0.29) is 29.5 Å². The number of hydrogen-bond acceptors (Lipinski definition) is 3. The normalized spacial score (nSPS) is 19.6. The molecule has 1 fully saturated rings. The number of amides is 2. The smallest absolute Gasteiger partial charge is 0.254 e. The molecule has 3 N–H and O–H groups in total. The third-order valence-electron chi connectivity index (χ3n) is 4.69. The van der Waals surface area contributed by atoms with Crippen molar-refractivity contribution in [1.29, 1.82) is 0 Å². The number of nitrogens with zero attached hydrogens (tertiary/aromatic N) is 1. The summed E-state index contributed by atoms with van der Waals surface area (Å²) in [6.45, 7) is 5.62.